The first-order valence-corrected chi connectivity index (χ1v) is 4.96. The van der Waals surface area contributed by atoms with Gasteiger partial charge in [0.2, 0.25) is 0 Å². The van der Waals surface area contributed by atoms with E-state index in [0.29, 0.717) is 0 Å². The zero-order valence-electron chi connectivity index (χ0n) is 7.82. The van der Waals surface area contributed by atoms with Gasteiger partial charge in [0.15, 0.2) is 5.79 Å². The molecule has 0 radical (unpaired) electrons. The minimum atomic E-state index is -5.25. The predicted molar refractivity (Wildman–Crippen MR) is 35.6 cm³/mol. The number of aliphatic hydroxyl groups is 3. The standard InChI is InChI=1S/C5H10O8P.Na/c6-3-1-12-5(8,4(3)7)2-13-14(9,10)11;/h4,6-8H,1-2H2,(H2,9,10,11);/q-1;+1/p-2/t4-,5?;/m1./s1. The second-order valence-electron chi connectivity index (χ2n) is 2.75. The van der Waals surface area contributed by atoms with E-state index in [4.69, 9.17) is 10.2 Å². The van der Waals surface area contributed by atoms with Crippen LogP contribution in [0.25, 0.3) is 0 Å². The van der Waals surface area contributed by atoms with Crippen molar-refractivity contribution in [1.82, 2.24) is 0 Å². The van der Waals surface area contributed by atoms with Gasteiger partial charge in [0.05, 0.1) is 7.82 Å². The van der Waals surface area contributed by atoms with Crippen molar-refractivity contribution in [1.29, 1.82) is 0 Å². The molecular weight excluding hydrogens is 242 g/mol. The largest absolute Gasteiger partial charge is 1.00 e. The monoisotopic (exact) mass is 250 g/mol. The second kappa shape index (κ2) is 5.52. The molecule has 1 fully saturated rings. The van der Waals surface area contributed by atoms with E-state index >= 15 is 0 Å². The van der Waals surface area contributed by atoms with Crippen LogP contribution in [0.2, 0.25) is 0 Å². The quantitative estimate of drug-likeness (QED) is 0.255. The van der Waals surface area contributed by atoms with Gasteiger partial charge in [-0.15, -0.1) is 6.10 Å². The number of hydrogen-bond donors (Lipinski definition) is 3. The summed E-state index contributed by atoms with van der Waals surface area (Å²) in [6, 6.07) is 0. The zero-order valence-corrected chi connectivity index (χ0v) is 10.7. The molecule has 1 rings (SSSR count). The van der Waals surface area contributed by atoms with Gasteiger partial charge in [-0.05, 0) is 6.61 Å². The first-order chi connectivity index (χ1) is 6.25. The van der Waals surface area contributed by atoms with Crippen LogP contribution in [0.3, 0.4) is 0 Å². The van der Waals surface area contributed by atoms with Crippen LogP contribution in [0.1, 0.15) is 0 Å². The third-order valence-electron chi connectivity index (χ3n) is 1.64. The Morgan fingerprint density at radius 2 is 2.20 bits per heavy atom. The molecule has 0 aromatic heterocycles. The summed E-state index contributed by atoms with van der Waals surface area (Å²) in [5.41, 5.74) is 0. The fraction of sp³-hybridized carbons (Fsp3) is 0.800. The third-order valence-corrected chi connectivity index (χ3v) is 2.09. The summed E-state index contributed by atoms with van der Waals surface area (Å²) in [5.74, 6) is -2.39. The first-order valence-electron chi connectivity index (χ1n) is 3.50. The summed E-state index contributed by atoms with van der Waals surface area (Å²) < 4.78 is 18.2. The molecule has 84 valence electrons. The van der Waals surface area contributed by atoms with Gasteiger partial charge in [0, 0.05) is 6.10 Å². The second-order valence-corrected chi connectivity index (χ2v) is 3.90. The molecule has 0 bridgehead atoms. The first kappa shape index (κ1) is 16.0. The molecule has 1 aliphatic heterocycles. The van der Waals surface area contributed by atoms with Crippen molar-refractivity contribution in [3.8, 4) is 0 Å². The van der Waals surface area contributed by atoms with E-state index in [0.717, 1.165) is 0 Å². The summed E-state index contributed by atoms with van der Waals surface area (Å²) in [7, 11) is -5.25. The van der Waals surface area contributed by atoms with E-state index < -0.39 is 39.0 Å². The van der Waals surface area contributed by atoms with Gasteiger partial charge in [0.1, 0.15) is 6.61 Å². The molecule has 0 aliphatic carbocycles. The van der Waals surface area contributed by atoms with Gasteiger partial charge >= 0.3 is 29.6 Å². The normalized spacial score (nSPS) is 32.7. The van der Waals surface area contributed by atoms with Crippen molar-refractivity contribution < 1.29 is 68.5 Å². The van der Waals surface area contributed by atoms with Gasteiger partial charge in [-0.25, -0.2) is 0 Å². The number of ether oxygens (including phenoxy) is 1. The predicted octanol–water partition coefficient (Wildman–Crippen LogP) is -6.18. The minimum absolute atomic E-state index is 0. The fourth-order valence-corrected chi connectivity index (χ4v) is 1.25. The van der Waals surface area contributed by atoms with Gasteiger partial charge in [-0.3, -0.25) is 0 Å². The average molecular weight is 250 g/mol. The number of aliphatic hydroxyl groups excluding tert-OH is 2. The summed E-state index contributed by atoms with van der Waals surface area (Å²) in [6.07, 6.45) is -2.36. The minimum Gasteiger partial charge on any atom is -0.790 e. The molecule has 1 heterocycles. The van der Waals surface area contributed by atoms with E-state index in [-0.39, 0.29) is 29.6 Å². The van der Waals surface area contributed by atoms with Gasteiger partial charge < -0.3 is 38.9 Å². The maximum Gasteiger partial charge on any atom is 1.00 e. The molecule has 3 N–H and O–H groups in total. The molecular formula is C5H8NaO8P-2. The van der Waals surface area contributed by atoms with E-state index in [9.17, 15) is 19.5 Å². The molecule has 1 aliphatic rings. The molecule has 1 saturated heterocycles. The van der Waals surface area contributed by atoms with Crippen molar-refractivity contribution in [2.24, 2.45) is 0 Å². The van der Waals surface area contributed by atoms with Crippen LogP contribution in [-0.4, -0.2) is 40.4 Å². The maximum atomic E-state index is 10.1. The number of rotatable bonds is 3. The van der Waals surface area contributed by atoms with E-state index in [2.05, 4.69) is 9.26 Å². The topological polar surface area (TPSA) is 142 Å². The SMILES string of the molecule is O=P([O-])([O-])OCC1(O)OC[C-](O)[C@H]1O.[Na+]. The van der Waals surface area contributed by atoms with Crippen LogP contribution >= 0.6 is 7.82 Å². The van der Waals surface area contributed by atoms with Crippen LogP contribution in [0.15, 0.2) is 0 Å². The zero-order chi connectivity index (χ0) is 11.0. The Morgan fingerprint density at radius 1 is 1.67 bits per heavy atom. The van der Waals surface area contributed by atoms with E-state index in [1.807, 2.05) is 0 Å². The summed E-state index contributed by atoms with van der Waals surface area (Å²) in [5, 5.41) is 27.3. The van der Waals surface area contributed by atoms with Crippen LogP contribution in [0, 0.1) is 6.10 Å². The van der Waals surface area contributed by atoms with Crippen molar-refractivity contribution in [2.45, 2.75) is 11.9 Å². The van der Waals surface area contributed by atoms with Gasteiger partial charge in [-0.2, -0.15) is 0 Å². The smallest absolute Gasteiger partial charge is 0.790 e. The summed E-state index contributed by atoms with van der Waals surface area (Å²) >= 11 is 0. The van der Waals surface area contributed by atoms with Gasteiger partial charge in [0.25, 0.3) is 0 Å². The van der Waals surface area contributed by atoms with Crippen LogP contribution in [0.4, 0.5) is 0 Å². The molecule has 0 aromatic carbocycles. The Morgan fingerprint density at radius 3 is 2.53 bits per heavy atom. The Balaban J connectivity index is 0.00000196. The molecule has 0 spiro atoms. The molecule has 0 saturated carbocycles. The number of phosphoric acid groups is 1. The third kappa shape index (κ3) is 4.37. The van der Waals surface area contributed by atoms with Crippen molar-refractivity contribution >= 4 is 7.82 Å². The molecule has 0 amide bonds. The molecule has 2 atom stereocenters. The fourth-order valence-electron chi connectivity index (χ4n) is 0.909. The summed E-state index contributed by atoms with van der Waals surface area (Å²) in [4.78, 5) is 20.1. The van der Waals surface area contributed by atoms with Crippen LogP contribution in [-0.2, 0) is 13.8 Å². The number of phosphoric ester groups is 1. The molecule has 10 heteroatoms. The van der Waals surface area contributed by atoms with Crippen molar-refractivity contribution in [2.75, 3.05) is 13.2 Å². The van der Waals surface area contributed by atoms with Crippen molar-refractivity contribution in [3.63, 3.8) is 0 Å². The molecule has 1 unspecified atom stereocenters. The molecule has 0 aromatic rings. The van der Waals surface area contributed by atoms with E-state index in [1.54, 1.807) is 0 Å². The Kier molecular flexibility index (Phi) is 5.87. The summed E-state index contributed by atoms with van der Waals surface area (Å²) in [6.45, 7) is -1.52. The Hall–Kier alpha value is 0.950. The number of hydrogen-bond acceptors (Lipinski definition) is 8. The van der Waals surface area contributed by atoms with Crippen LogP contribution in [0.5, 0.6) is 0 Å². The van der Waals surface area contributed by atoms with E-state index in [1.165, 1.54) is 0 Å². The Bertz CT molecular complexity index is 255. The maximum absolute atomic E-state index is 10.1. The average Bonchev–Trinajstić information content (AvgIpc) is 2.30. The van der Waals surface area contributed by atoms with Crippen LogP contribution < -0.4 is 39.3 Å². The van der Waals surface area contributed by atoms with Gasteiger partial charge in [-0.1, -0.05) is 0 Å². The Labute approximate surface area is 107 Å². The molecule has 8 nitrogen and oxygen atoms in total. The molecule has 15 heavy (non-hydrogen) atoms. The van der Waals surface area contributed by atoms with Crippen molar-refractivity contribution in [3.05, 3.63) is 6.10 Å².